The largest absolute Gasteiger partial charge is 0.496 e. The minimum atomic E-state index is -1.24. The minimum absolute atomic E-state index is 0.321. The molecule has 0 aliphatic rings. The topological polar surface area (TPSA) is 81.0 Å². The second-order valence-electron chi connectivity index (χ2n) is 4.30. The number of hydrogen-bond donors (Lipinski definition) is 2. The molecule has 0 saturated carbocycles. The molecule has 0 fully saturated rings. The van der Waals surface area contributed by atoms with Crippen molar-refractivity contribution in [1.29, 1.82) is 0 Å². The SMILES string of the molecule is COc1c(C)cc(N)c(CS(=O)c2ncc[nH]2)c1C. The standard InChI is InChI=1S/C13H17N3O2S/c1-8-6-11(14)10(9(2)12(8)18-3)7-19(17)13-15-4-5-16-13/h4-6H,7,14H2,1-3H3,(H,15,16). The molecule has 1 aromatic heterocycles. The summed E-state index contributed by atoms with van der Waals surface area (Å²) in [6.45, 7) is 3.87. The summed E-state index contributed by atoms with van der Waals surface area (Å²) in [5.74, 6) is 1.11. The Hall–Kier alpha value is -1.82. The summed E-state index contributed by atoms with van der Waals surface area (Å²) in [6.07, 6.45) is 3.23. The van der Waals surface area contributed by atoms with Gasteiger partial charge in [0.05, 0.1) is 23.7 Å². The van der Waals surface area contributed by atoms with Gasteiger partial charge in [0, 0.05) is 18.1 Å². The van der Waals surface area contributed by atoms with Crippen LogP contribution < -0.4 is 10.5 Å². The van der Waals surface area contributed by atoms with Crippen molar-refractivity contribution in [3.63, 3.8) is 0 Å². The molecule has 0 aliphatic carbocycles. The highest BCUT2D eigenvalue weighted by atomic mass is 32.2. The number of aromatic nitrogens is 2. The maximum absolute atomic E-state index is 12.2. The van der Waals surface area contributed by atoms with Crippen LogP contribution in [0.2, 0.25) is 0 Å². The fourth-order valence-electron chi connectivity index (χ4n) is 2.12. The molecule has 5 nitrogen and oxygen atoms in total. The number of rotatable bonds is 4. The second kappa shape index (κ2) is 5.44. The lowest BCUT2D eigenvalue weighted by Crippen LogP contribution is -2.06. The summed E-state index contributed by atoms with van der Waals surface area (Å²) in [7, 11) is 0.381. The Labute approximate surface area is 114 Å². The van der Waals surface area contributed by atoms with E-state index in [0.29, 0.717) is 16.6 Å². The zero-order chi connectivity index (χ0) is 14.0. The summed E-state index contributed by atoms with van der Waals surface area (Å²) in [5, 5.41) is 0.457. The smallest absolute Gasteiger partial charge is 0.196 e. The molecule has 2 rings (SSSR count). The molecule has 19 heavy (non-hydrogen) atoms. The molecule has 0 radical (unpaired) electrons. The fraction of sp³-hybridized carbons (Fsp3) is 0.308. The van der Waals surface area contributed by atoms with Gasteiger partial charge in [0.15, 0.2) is 5.16 Å². The summed E-state index contributed by atoms with van der Waals surface area (Å²) in [6, 6.07) is 1.85. The third-order valence-electron chi connectivity index (χ3n) is 3.04. The molecule has 1 unspecified atom stereocenters. The lowest BCUT2D eigenvalue weighted by Gasteiger charge is -2.15. The number of nitrogen functional groups attached to an aromatic ring is 1. The maximum Gasteiger partial charge on any atom is 0.196 e. The normalized spacial score (nSPS) is 12.4. The molecule has 0 bridgehead atoms. The molecule has 2 aromatic rings. The van der Waals surface area contributed by atoms with Crippen LogP contribution in [0.15, 0.2) is 23.6 Å². The van der Waals surface area contributed by atoms with E-state index >= 15 is 0 Å². The molecule has 0 amide bonds. The monoisotopic (exact) mass is 279 g/mol. The quantitative estimate of drug-likeness (QED) is 0.838. The maximum atomic E-state index is 12.2. The van der Waals surface area contributed by atoms with Gasteiger partial charge < -0.3 is 15.5 Å². The van der Waals surface area contributed by atoms with Crippen molar-refractivity contribution in [2.45, 2.75) is 24.8 Å². The number of benzene rings is 1. The number of hydrogen-bond acceptors (Lipinski definition) is 4. The van der Waals surface area contributed by atoms with E-state index < -0.39 is 10.8 Å². The second-order valence-corrected chi connectivity index (χ2v) is 5.67. The van der Waals surface area contributed by atoms with Crippen molar-refractivity contribution in [3.05, 3.63) is 35.2 Å². The lowest BCUT2D eigenvalue weighted by atomic mass is 10.0. The molecule has 0 saturated heterocycles. The average Bonchev–Trinajstić information content (AvgIpc) is 2.88. The number of anilines is 1. The van der Waals surface area contributed by atoms with E-state index in [1.54, 1.807) is 19.5 Å². The van der Waals surface area contributed by atoms with Gasteiger partial charge in [-0.05, 0) is 36.6 Å². The van der Waals surface area contributed by atoms with Crippen LogP contribution in [0.3, 0.4) is 0 Å². The van der Waals surface area contributed by atoms with Crippen LogP contribution >= 0.6 is 0 Å². The number of aromatic amines is 1. The van der Waals surface area contributed by atoms with E-state index in [4.69, 9.17) is 10.5 Å². The van der Waals surface area contributed by atoms with E-state index in [2.05, 4.69) is 9.97 Å². The number of aryl methyl sites for hydroxylation is 1. The third kappa shape index (κ3) is 2.63. The summed E-state index contributed by atoms with van der Waals surface area (Å²) in [4.78, 5) is 6.86. The van der Waals surface area contributed by atoms with Gasteiger partial charge in [0.2, 0.25) is 0 Å². The first kappa shape index (κ1) is 13.6. The van der Waals surface area contributed by atoms with Gasteiger partial charge in [-0.15, -0.1) is 0 Å². The van der Waals surface area contributed by atoms with Crippen molar-refractivity contribution in [2.75, 3.05) is 12.8 Å². The highest BCUT2D eigenvalue weighted by Crippen LogP contribution is 2.31. The number of nitrogens with two attached hydrogens (primary N) is 1. The van der Waals surface area contributed by atoms with Gasteiger partial charge in [-0.25, -0.2) is 4.98 Å². The zero-order valence-corrected chi connectivity index (χ0v) is 12.0. The van der Waals surface area contributed by atoms with Crippen molar-refractivity contribution in [2.24, 2.45) is 0 Å². The number of methoxy groups -OCH3 is 1. The Bertz CT molecular complexity index is 609. The first-order valence-electron chi connectivity index (χ1n) is 5.85. The first-order valence-corrected chi connectivity index (χ1v) is 7.16. The van der Waals surface area contributed by atoms with Gasteiger partial charge in [0.1, 0.15) is 5.75 Å². The van der Waals surface area contributed by atoms with Crippen LogP contribution in [0.4, 0.5) is 5.69 Å². The van der Waals surface area contributed by atoms with E-state index in [-0.39, 0.29) is 0 Å². The van der Waals surface area contributed by atoms with Crippen LogP contribution in [0.25, 0.3) is 0 Å². The Morgan fingerprint density at radius 2 is 2.21 bits per heavy atom. The van der Waals surface area contributed by atoms with Crippen LogP contribution in [0, 0.1) is 13.8 Å². The van der Waals surface area contributed by atoms with Gasteiger partial charge in [-0.3, -0.25) is 4.21 Å². The van der Waals surface area contributed by atoms with Crippen molar-refractivity contribution in [1.82, 2.24) is 9.97 Å². The molecule has 102 valence electrons. The fourth-order valence-corrected chi connectivity index (χ4v) is 3.28. The first-order chi connectivity index (χ1) is 9.04. The summed E-state index contributed by atoms with van der Waals surface area (Å²) in [5.41, 5.74) is 9.41. The van der Waals surface area contributed by atoms with Crippen LogP contribution in [0.5, 0.6) is 5.75 Å². The summed E-state index contributed by atoms with van der Waals surface area (Å²) >= 11 is 0. The zero-order valence-electron chi connectivity index (χ0n) is 11.2. The summed E-state index contributed by atoms with van der Waals surface area (Å²) < 4.78 is 17.6. The van der Waals surface area contributed by atoms with Gasteiger partial charge >= 0.3 is 0 Å². The molecule has 3 N–H and O–H groups in total. The van der Waals surface area contributed by atoms with Crippen LogP contribution in [-0.4, -0.2) is 21.3 Å². The molecule has 1 aromatic carbocycles. The predicted molar refractivity (Wildman–Crippen MR) is 75.6 cm³/mol. The van der Waals surface area contributed by atoms with Crippen molar-refractivity contribution >= 4 is 16.5 Å². The molecular formula is C13H17N3O2S. The number of nitrogens with zero attached hydrogens (tertiary/aromatic N) is 1. The van der Waals surface area contributed by atoms with Gasteiger partial charge in [0.25, 0.3) is 0 Å². The van der Waals surface area contributed by atoms with Crippen LogP contribution in [0.1, 0.15) is 16.7 Å². The highest BCUT2D eigenvalue weighted by molar-refractivity contribution is 7.84. The number of imidazole rings is 1. The Morgan fingerprint density at radius 3 is 2.79 bits per heavy atom. The van der Waals surface area contributed by atoms with Crippen molar-refractivity contribution in [3.8, 4) is 5.75 Å². The van der Waals surface area contributed by atoms with Crippen LogP contribution in [-0.2, 0) is 16.6 Å². The Balaban J connectivity index is 2.38. The molecule has 0 aliphatic heterocycles. The molecule has 1 atom stereocenters. The predicted octanol–water partition coefficient (Wildman–Crippen LogP) is 1.93. The van der Waals surface area contributed by atoms with Gasteiger partial charge in [-0.2, -0.15) is 0 Å². The van der Waals surface area contributed by atoms with E-state index in [1.807, 2.05) is 19.9 Å². The van der Waals surface area contributed by atoms with Gasteiger partial charge in [-0.1, -0.05) is 0 Å². The van der Waals surface area contributed by atoms with E-state index in [1.165, 1.54) is 0 Å². The minimum Gasteiger partial charge on any atom is -0.496 e. The van der Waals surface area contributed by atoms with E-state index in [9.17, 15) is 4.21 Å². The highest BCUT2D eigenvalue weighted by Gasteiger charge is 2.16. The molecule has 6 heteroatoms. The number of nitrogens with one attached hydrogen (secondary N) is 1. The number of ether oxygens (including phenoxy) is 1. The molecule has 1 heterocycles. The lowest BCUT2D eigenvalue weighted by molar-refractivity contribution is 0.408. The Morgan fingerprint density at radius 1 is 1.47 bits per heavy atom. The van der Waals surface area contributed by atoms with Crippen molar-refractivity contribution < 1.29 is 8.95 Å². The third-order valence-corrected chi connectivity index (χ3v) is 4.25. The van der Waals surface area contributed by atoms with E-state index in [0.717, 1.165) is 22.4 Å². The average molecular weight is 279 g/mol. The number of H-pyrrole nitrogens is 1. The molecule has 0 spiro atoms. The molecular weight excluding hydrogens is 262 g/mol. The Kier molecular flexibility index (Phi) is 3.90.